The van der Waals surface area contributed by atoms with Crippen LogP contribution in [0.3, 0.4) is 0 Å². The molecule has 6 heteroatoms. The highest BCUT2D eigenvalue weighted by Gasteiger charge is 2.19. The monoisotopic (exact) mass is 363 g/mol. The molecular weight excluding hydrogens is 341 g/mol. The second-order valence-electron chi connectivity index (χ2n) is 6.63. The Balaban J connectivity index is 1.46. The van der Waals surface area contributed by atoms with Crippen molar-refractivity contribution >= 4 is 23.1 Å². The zero-order chi connectivity index (χ0) is 18.6. The predicted octanol–water partition coefficient (Wildman–Crippen LogP) is 3.99. The van der Waals surface area contributed by atoms with E-state index in [-0.39, 0.29) is 5.82 Å². The Bertz CT molecular complexity index is 890. The van der Waals surface area contributed by atoms with Crippen molar-refractivity contribution in [2.75, 3.05) is 41.3 Å². The number of anilines is 4. The van der Waals surface area contributed by atoms with Gasteiger partial charge in [-0.3, -0.25) is 0 Å². The van der Waals surface area contributed by atoms with Crippen molar-refractivity contribution in [3.8, 4) is 0 Å². The molecule has 2 heterocycles. The number of piperazine rings is 1. The van der Waals surface area contributed by atoms with Crippen molar-refractivity contribution in [1.82, 2.24) is 9.97 Å². The number of aryl methyl sites for hydroxylation is 1. The van der Waals surface area contributed by atoms with Gasteiger partial charge in [-0.1, -0.05) is 18.2 Å². The van der Waals surface area contributed by atoms with Crippen LogP contribution in [-0.4, -0.2) is 36.1 Å². The van der Waals surface area contributed by atoms with Crippen LogP contribution in [0.15, 0.2) is 60.7 Å². The standard InChI is InChI=1S/C21H22FN5/c1-16-15-20(25-21(23-16)24-18-9-7-17(22)8-10-18)27-13-11-26(12-14-27)19-5-3-2-4-6-19/h2-10,15H,11-14H2,1H3,(H,23,24,25). The van der Waals surface area contributed by atoms with Crippen molar-refractivity contribution in [3.63, 3.8) is 0 Å². The van der Waals surface area contributed by atoms with E-state index in [9.17, 15) is 4.39 Å². The van der Waals surface area contributed by atoms with Crippen molar-refractivity contribution in [2.45, 2.75) is 6.92 Å². The number of nitrogens with zero attached hydrogens (tertiary/aromatic N) is 4. The van der Waals surface area contributed by atoms with Crippen molar-refractivity contribution < 1.29 is 4.39 Å². The molecular formula is C21H22FN5. The SMILES string of the molecule is Cc1cc(N2CCN(c3ccccc3)CC2)nc(Nc2ccc(F)cc2)n1. The normalized spacial score (nSPS) is 14.3. The van der Waals surface area contributed by atoms with Crippen molar-refractivity contribution in [3.05, 3.63) is 72.2 Å². The maximum Gasteiger partial charge on any atom is 0.229 e. The van der Waals surface area contributed by atoms with Crippen LogP contribution in [-0.2, 0) is 0 Å². The second kappa shape index (κ2) is 7.61. The molecule has 4 rings (SSSR count). The maximum absolute atomic E-state index is 13.1. The second-order valence-corrected chi connectivity index (χ2v) is 6.63. The average molecular weight is 363 g/mol. The number of hydrogen-bond donors (Lipinski definition) is 1. The molecule has 1 aliphatic heterocycles. The molecule has 1 aliphatic rings. The van der Waals surface area contributed by atoms with Gasteiger partial charge in [0.25, 0.3) is 0 Å². The van der Waals surface area contributed by atoms with Crippen molar-refractivity contribution in [1.29, 1.82) is 0 Å². The number of para-hydroxylation sites is 1. The summed E-state index contributed by atoms with van der Waals surface area (Å²) in [7, 11) is 0. The molecule has 0 bridgehead atoms. The Morgan fingerprint density at radius 2 is 1.52 bits per heavy atom. The van der Waals surface area contributed by atoms with E-state index < -0.39 is 0 Å². The van der Waals surface area contributed by atoms with E-state index in [0.29, 0.717) is 5.95 Å². The van der Waals surface area contributed by atoms with Crippen LogP contribution in [0.2, 0.25) is 0 Å². The van der Waals surface area contributed by atoms with Gasteiger partial charge in [0.05, 0.1) is 0 Å². The minimum Gasteiger partial charge on any atom is -0.368 e. The first-order valence-corrected chi connectivity index (χ1v) is 9.10. The van der Waals surface area contributed by atoms with Gasteiger partial charge < -0.3 is 15.1 Å². The molecule has 1 fully saturated rings. The number of hydrogen-bond acceptors (Lipinski definition) is 5. The third-order valence-corrected chi connectivity index (χ3v) is 4.67. The van der Waals surface area contributed by atoms with Crippen LogP contribution < -0.4 is 15.1 Å². The summed E-state index contributed by atoms with van der Waals surface area (Å²) in [6.45, 7) is 5.67. The van der Waals surface area contributed by atoms with E-state index in [1.54, 1.807) is 12.1 Å². The topological polar surface area (TPSA) is 44.3 Å². The van der Waals surface area contributed by atoms with Gasteiger partial charge in [0.2, 0.25) is 5.95 Å². The quantitative estimate of drug-likeness (QED) is 0.759. The Morgan fingerprint density at radius 3 is 2.22 bits per heavy atom. The van der Waals surface area contributed by atoms with E-state index in [2.05, 4.69) is 49.4 Å². The van der Waals surface area contributed by atoms with Gasteiger partial charge in [-0.2, -0.15) is 4.98 Å². The third-order valence-electron chi connectivity index (χ3n) is 4.67. The summed E-state index contributed by atoms with van der Waals surface area (Å²) in [6, 6.07) is 18.7. The molecule has 0 radical (unpaired) electrons. The van der Waals surface area contributed by atoms with Crippen molar-refractivity contribution in [2.24, 2.45) is 0 Å². The number of benzene rings is 2. The molecule has 0 saturated carbocycles. The molecule has 1 aromatic heterocycles. The van der Waals surface area contributed by atoms with E-state index in [0.717, 1.165) is 43.4 Å². The third kappa shape index (κ3) is 4.16. The fourth-order valence-electron chi connectivity index (χ4n) is 3.26. The fourth-order valence-corrected chi connectivity index (χ4v) is 3.26. The highest BCUT2D eigenvalue weighted by atomic mass is 19.1. The Morgan fingerprint density at radius 1 is 0.852 bits per heavy atom. The highest BCUT2D eigenvalue weighted by Crippen LogP contribution is 2.22. The highest BCUT2D eigenvalue weighted by molar-refractivity contribution is 5.56. The Kier molecular flexibility index (Phi) is 4.87. The number of nitrogens with one attached hydrogen (secondary N) is 1. The summed E-state index contributed by atoms with van der Waals surface area (Å²) in [5.74, 6) is 1.18. The molecule has 0 unspecified atom stereocenters. The Hall–Kier alpha value is -3.15. The summed E-state index contributed by atoms with van der Waals surface area (Å²) in [4.78, 5) is 13.8. The number of rotatable bonds is 4. The van der Waals surface area contributed by atoms with Gasteiger partial charge in [0, 0.05) is 49.3 Å². The summed E-state index contributed by atoms with van der Waals surface area (Å²) in [5, 5.41) is 3.16. The van der Waals surface area contributed by atoms with Crippen LogP contribution in [0.25, 0.3) is 0 Å². The van der Waals surface area contributed by atoms with Gasteiger partial charge in [-0.15, -0.1) is 0 Å². The first-order valence-electron chi connectivity index (χ1n) is 9.10. The van der Waals surface area contributed by atoms with Crippen LogP contribution in [0.4, 0.5) is 27.5 Å². The van der Waals surface area contributed by atoms with Crippen LogP contribution in [0, 0.1) is 12.7 Å². The predicted molar refractivity (Wildman–Crippen MR) is 107 cm³/mol. The zero-order valence-corrected chi connectivity index (χ0v) is 15.3. The summed E-state index contributed by atoms with van der Waals surface area (Å²) < 4.78 is 13.1. The summed E-state index contributed by atoms with van der Waals surface area (Å²) in [6.07, 6.45) is 0. The van der Waals surface area contributed by atoms with Gasteiger partial charge in [-0.05, 0) is 43.3 Å². The van der Waals surface area contributed by atoms with E-state index in [4.69, 9.17) is 0 Å². The smallest absolute Gasteiger partial charge is 0.229 e. The van der Waals surface area contributed by atoms with Crippen LogP contribution in [0.5, 0.6) is 0 Å². The largest absolute Gasteiger partial charge is 0.368 e. The van der Waals surface area contributed by atoms with Gasteiger partial charge in [0.15, 0.2) is 0 Å². The molecule has 0 amide bonds. The Labute approximate surface area is 158 Å². The molecule has 27 heavy (non-hydrogen) atoms. The van der Waals surface area contributed by atoms with Gasteiger partial charge in [-0.25, -0.2) is 9.37 Å². The molecule has 0 atom stereocenters. The fraction of sp³-hybridized carbons (Fsp3) is 0.238. The molecule has 1 N–H and O–H groups in total. The lowest BCUT2D eigenvalue weighted by Gasteiger charge is -2.36. The number of aromatic nitrogens is 2. The van der Waals surface area contributed by atoms with E-state index >= 15 is 0 Å². The van der Waals surface area contributed by atoms with Crippen LogP contribution >= 0.6 is 0 Å². The number of halogens is 1. The molecule has 3 aromatic rings. The molecule has 5 nitrogen and oxygen atoms in total. The minimum absolute atomic E-state index is 0.261. The summed E-state index contributed by atoms with van der Waals surface area (Å²) >= 11 is 0. The molecule has 0 spiro atoms. The van der Waals surface area contributed by atoms with E-state index in [1.165, 1.54) is 17.8 Å². The molecule has 0 aliphatic carbocycles. The van der Waals surface area contributed by atoms with Gasteiger partial charge in [0.1, 0.15) is 11.6 Å². The first-order chi connectivity index (χ1) is 13.2. The lowest BCUT2D eigenvalue weighted by molar-refractivity contribution is 0.628. The minimum atomic E-state index is -0.261. The van der Waals surface area contributed by atoms with E-state index in [1.807, 2.05) is 19.1 Å². The maximum atomic E-state index is 13.1. The molecule has 138 valence electrons. The first kappa shape index (κ1) is 17.3. The van der Waals surface area contributed by atoms with Gasteiger partial charge >= 0.3 is 0 Å². The lowest BCUT2D eigenvalue weighted by atomic mass is 10.2. The molecule has 2 aromatic carbocycles. The average Bonchev–Trinajstić information content (AvgIpc) is 2.70. The molecule has 1 saturated heterocycles. The lowest BCUT2D eigenvalue weighted by Crippen LogP contribution is -2.46. The van der Waals surface area contributed by atoms with Crippen LogP contribution in [0.1, 0.15) is 5.69 Å². The zero-order valence-electron chi connectivity index (χ0n) is 15.3. The summed E-state index contributed by atoms with van der Waals surface area (Å²) in [5.41, 5.74) is 2.92.